The molecule has 97 valence electrons. The number of nitrogens with zero attached hydrogens (tertiary/aromatic N) is 2. The van der Waals surface area contributed by atoms with Gasteiger partial charge in [-0.25, -0.2) is 0 Å². The first kappa shape index (κ1) is 18.1. The summed E-state index contributed by atoms with van der Waals surface area (Å²) in [5.41, 5.74) is 1.19. The zero-order chi connectivity index (χ0) is 11.5. The van der Waals surface area contributed by atoms with Gasteiger partial charge in [0, 0.05) is 49.2 Å². The van der Waals surface area contributed by atoms with Crippen LogP contribution in [0.1, 0.15) is 19.8 Å². The summed E-state index contributed by atoms with van der Waals surface area (Å²) in [6.45, 7) is 2.77. The Balaban J connectivity index is 0. The first-order valence-electron chi connectivity index (χ1n) is 5.03. The monoisotopic (exact) mass is 293 g/mol. The summed E-state index contributed by atoms with van der Waals surface area (Å²) in [6.07, 6.45) is 5.78. The minimum Gasteiger partial charge on any atom is -0.378 e. The first-order chi connectivity index (χ1) is 7.22. The van der Waals surface area contributed by atoms with Crippen LogP contribution in [-0.4, -0.2) is 25.7 Å². The number of pyridine rings is 1. The fraction of sp³-hybridized carbons (Fsp3) is 0.545. The van der Waals surface area contributed by atoms with Crippen LogP contribution < -0.4 is 4.90 Å². The van der Waals surface area contributed by atoms with E-state index in [4.69, 9.17) is 11.9 Å². The quantitative estimate of drug-likeness (QED) is 0.630. The van der Waals surface area contributed by atoms with E-state index in [1.807, 2.05) is 31.1 Å². The third kappa shape index (κ3) is 10.2. The normalized spacial score (nSPS) is 8.50. The molecule has 1 aromatic heterocycles. The minimum absolute atomic E-state index is 0. The van der Waals surface area contributed by atoms with Gasteiger partial charge in [-0.15, -0.1) is 0 Å². The molecular weight excluding hydrogens is 275 g/mol. The molecule has 0 N–H and O–H groups in total. The molecule has 0 aliphatic heterocycles. The van der Waals surface area contributed by atoms with Crippen molar-refractivity contribution in [3.63, 3.8) is 0 Å². The first-order valence-corrected chi connectivity index (χ1v) is 5.34. The maximum Gasteiger partial charge on any atom is 0.0682 e. The molecule has 0 aromatic carbocycles. The predicted octanol–water partition coefficient (Wildman–Crippen LogP) is 3.10. The Kier molecular flexibility index (Phi) is 14.5. The number of anilines is 1. The zero-order valence-corrected chi connectivity index (χ0v) is 11.6. The van der Waals surface area contributed by atoms with Crippen molar-refractivity contribution in [2.24, 2.45) is 0 Å². The molecule has 0 spiro atoms. The molecule has 1 heterocycles. The van der Waals surface area contributed by atoms with Crippen LogP contribution in [0.15, 0.2) is 24.5 Å². The Hall–Kier alpha value is -0.281. The summed E-state index contributed by atoms with van der Waals surface area (Å²) in [5, 5.41) is 0. The van der Waals surface area contributed by atoms with E-state index in [-0.39, 0.29) is 17.1 Å². The standard InChI is InChI=1S/C7H10N2.C4H9ClO.Cu/c1-9(2)7-3-5-8-6-4-7;1-2-3-4-6-5;/h3-6H,1-2H3;2-4H2,1H3;. The van der Waals surface area contributed by atoms with Gasteiger partial charge in [0.25, 0.3) is 0 Å². The average molecular weight is 294 g/mol. The van der Waals surface area contributed by atoms with Crippen molar-refractivity contribution in [2.45, 2.75) is 19.8 Å². The fourth-order valence-corrected chi connectivity index (χ4v) is 0.950. The van der Waals surface area contributed by atoms with Crippen LogP contribution in [0.25, 0.3) is 0 Å². The summed E-state index contributed by atoms with van der Waals surface area (Å²) in [7, 11) is 4.02. The van der Waals surface area contributed by atoms with Crippen LogP contribution in [0.2, 0.25) is 0 Å². The summed E-state index contributed by atoms with van der Waals surface area (Å²) in [5.74, 6) is 0. The van der Waals surface area contributed by atoms with E-state index >= 15 is 0 Å². The number of hydrogen-bond donors (Lipinski definition) is 0. The minimum atomic E-state index is 0. The van der Waals surface area contributed by atoms with E-state index in [9.17, 15) is 0 Å². The summed E-state index contributed by atoms with van der Waals surface area (Å²) in [6, 6.07) is 3.94. The molecule has 5 heteroatoms. The van der Waals surface area contributed by atoms with Gasteiger partial charge in [0.1, 0.15) is 0 Å². The largest absolute Gasteiger partial charge is 0.378 e. The molecule has 1 radical (unpaired) electrons. The Labute approximate surface area is 114 Å². The van der Waals surface area contributed by atoms with Gasteiger partial charge in [-0.1, -0.05) is 13.3 Å². The molecule has 16 heavy (non-hydrogen) atoms. The maximum atomic E-state index is 4.88. The van der Waals surface area contributed by atoms with Gasteiger partial charge in [0.15, 0.2) is 0 Å². The SMILES string of the molecule is CCCCOCl.CN(C)c1ccncc1.[Cu]. The van der Waals surface area contributed by atoms with Gasteiger partial charge in [0.05, 0.1) is 18.5 Å². The van der Waals surface area contributed by atoms with Crippen LogP contribution in [0, 0.1) is 0 Å². The van der Waals surface area contributed by atoms with Gasteiger partial charge in [-0.3, -0.25) is 9.27 Å². The second-order valence-corrected chi connectivity index (χ2v) is 3.48. The van der Waals surface area contributed by atoms with Crippen molar-refractivity contribution >= 4 is 17.6 Å². The van der Waals surface area contributed by atoms with Crippen molar-refractivity contribution in [1.82, 2.24) is 4.98 Å². The van der Waals surface area contributed by atoms with Crippen molar-refractivity contribution < 1.29 is 21.4 Å². The third-order valence-corrected chi connectivity index (χ3v) is 1.91. The Morgan fingerprint density at radius 3 is 2.12 bits per heavy atom. The van der Waals surface area contributed by atoms with E-state index in [0.29, 0.717) is 6.61 Å². The number of aromatic nitrogens is 1. The van der Waals surface area contributed by atoms with E-state index in [2.05, 4.69) is 16.2 Å². The second-order valence-electron chi connectivity index (χ2n) is 3.27. The van der Waals surface area contributed by atoms with Crippen LogP contribution in [0.3, 0.4) is 0 Å². The smallest absolute Gasteiger partial charge is 0.0682 e. The van der Waals surface area contributed by atoms with Gasteiger partial charge in [-0.2, -0.15) is 0 Å². The molecule has 0 saturated heterocycles. The van der Waals surface area contributed by atoms with Crippen LogP contribution in [-0.2, 0) is 21.4 Å². The molecular formula is C11H19ClCuN2O. The average Bonchev–Trinajstić information content (AvgIpc) is 2.28. The van der Waals surface area contributed by atoms with Crippen LogP contribution in [0.5, 0.6) is 0 Å². The van der Waals surface area contributed by atoms with Gasteiger partial charge >= 0.3 is 0 Å². The second kappa shape index (κ2) is 12.8. The summed E-state index contributed by atoms with van der Waals surface area (Å²) >= 11 is 4.88. The molecule has 0 fully saturated rings. The Bertz CT molecular complexity index is 231. The van der Waals surface area contributed by atoms with Gasteiger partial charge in [-0.05, 0) is 18.6 Å². The zero-order valence-electron chi connectivity index (χ0n) is 9.91. The molecule has 1 rings (SSSR count). The molecule has 0 atom stereocenters. The van der Waals surface area contributed by atoms with Crippen molar-refractivity contribution in [1.29, 1.82) is 0 Å². The van der Waals surface area contributed by atoms with Crippen molar-refractivity contribution in [3.8, 4) is 0 Å². The molecule has 0 bridgehead atoms. The van der Waals surface area contributed by atoms with E-state index in [1.54, 1.807) is 12.4 Å². The summed E-state index contributed by atoms with van der Waals surface area (Å²) < 4.78 is 4.25. The molecule has 0 unspecified atom stereocenters. The number of unbranched alkanes of at least 4 members (excludes halogenated alkanes) is 1. The molecule has 0 aliphatic rings. The van der Waals surface area contributed by atoms with Crippen LogP contribution in [0.4, 0.5) is 5.69 Å². The molecule has 0 aliphatic carbocycles. The fourth-order valence-electron chi connectivity index (χ4n) is 0.841. The van der Waals surface area contributed by atoms with E-state index in [0.717, 1.165) is 12.8 Å². The van der Waals surface area contributed by atoms with Crippen LogP contribution >= 0.6 is 11.9 Å². The molecule has 0 saturated carbocycles. The third-order valence-electron chi connectivity index (χ3n) is 1.75. The number of halogens is 1. The Morgan fingerprint density at radius 1 is 1.31 bits per heavy atom. The van der Waals surface area contributed by atoms with E-state index in [1.165, 1.54) is 5.69 Å². The number of rotatable bonds is 4. The molecule has 0 amide bonds. The topological polar surface area (TPSA) is 25.4 Å². The van der Waals surface area contributed by atoms with Gasteiger partial charge < -0.3 is 4.90 Å². The van der Waals surface area contributed by atoms with E-state index < -0.39 is 0 Å². The molecule has 1 aromatic rings. The molecule has 3 nitrogen and oxygen atoms in total. The van der Waals surface area contributed by atoms with Crippen molar-refractivity contribution in [2.75, 3.05) is 25.6 Å². The predicted molar refractivity (Wildman–Crippen MR) is 65.3 cm³/mol. The van der Waals surface area contributed by atoms with Gasteiger partial charge in [0.2, 0.25) is 0 Å². The Morgan fingerprint density at radius 2 is 1.88 bits per heavy atom. The maximum absolute atomic E-state index is 4.88. The van der Waals surface area contributed by atoms with Crippen molar-refractivity contribution in [3.05, 3.63) is 24.5 Å². The number of hydrogen-bond acceptors (Lipinski definition) is 3. The summed E-state index contributed by atoms with van der Waals surface area (Å²) in [4.78, 5) is 5.94.